The molecule has 0 aromatic heterocycles. The third kappa shape index (κ3) is 3.61. The predicted octanol–water partition coefficient (Wildman–Crippen LogP) is 0.329. The fourth-order valence-electron chi connectivity index (χ4n) is 2.90. The molecule has 2 aliphatic heterocycles. The molecule has 0 atom stereocenters. The molecule has 1 aromatic carbocycles. The molecular formula is C15H20ClN3O4S. The number of fused-ring (bicyclic) bond motifs is 1. The van der Waals surface area contributed by atoms with E-state index in [1.165, 1.54) is 4.31 Å². The van der Waals surface area contributed by atoms with Crippen LogP contribution in [0.4, 0.5) is 0 Å². The number of hydrogen-bond acceptors (Lipinski definition) is 5. The first-order valence-electron chi connectivity index (χ1n) is 7.64. The van der Waals surface area contributed by atoms with Gasteiger partial charge in [0.15, 0.2) is 0 Å². The fraction of sp³-hybridized carbons (Fsp3) is 0.467. The number of amides is 2. The Morgan fingerprint density at radius 1 is 1.00 bits per heavy atom. The van der Waals surface area contributed by atoms with Crippen LogP contribution in [0.5, 0.6) is 0 Å². The lowest BCUT2D eigenvalue weighted by Gasteiger charge is -2.26. The van der Waals surface area contributed by atoms with E-state index >= 15 is 0 Å². The van der Waals surface area contributed by atoms with Gasteiger partial charge < -0.3 is 5.32 Å². The van der Waals surface area contributed by atoms with Gasteiger partial charge in [0.25, 0.3) is 11.8 Å². The second-order valence-electron chi connectivity index (χ2n) is 5.63. The number of carbonyl (C=O) groups excluding carboxylic acids is 2. The van der Waals surface area contributed by atoms with Gasteiger partial charge in [-0.3, -0.25) is 14.5 Å². The fourth-order valence-corrected chi connectivity index (χ4v) is 4.39. The van der Waals surface area contributed by atoms with Crippen molar-refractivity contribution in [2.45, 2.75) is 6.42 Å². The number of nitrogens with zero attached hydrogens (tertiary/aromatic N) is 2. The number of benzene rings is 1. The first-order valence-corrected chi connectivity index (χ1v) is 9.25. The van der Waals surface area contributed by atoms with Gasteiger partial charge >= 0.3 is 0 Å². The van der Waals surface area contributed by atoms with Crippen LogP contribution >= 0.6 is 12.4 Å². The maximum Gasteiger partial charge on any atom is 0.261 e. The molecule has 24 heavy (non-hydrogen) atoms. The van der Waals surface area contributed by atoms with Crippen LogP contribution in [0.25, 0.3) is 0 Å². The van der Waals surface area contributed by atoms with Crippen molar-refractivity contribution >= 4 is 34.2 Å². The molecule has 0 radical (unpaired) electrons. The minimum atomic E-state index is -3.33. The number of halogens is 1. The largest absolute Gasteiger partial charge is 0.314 e. The summed E-state index contributed by atoms with van der Waals surface area (Å²) >= 11 is 0. The Morgan fingerprint density at radius 3 is 2.08 bits per heavy atom. The SMILES string of the molecule is Cl.O=C1c2ccccc2C(=O)N1CCCS(=O)(=O)N1CCNCC1. The van der Waals surface area contributed by atoms with Crippen molar-refractivity contribution in [2.75, 3.05) is 38.5 Å². The van der Waals surface area contributed by atoms with E-state index in [0.717, 1.165) is 4.90 Å². The van der Waals surface area contributed by atoms with Crippen LogP contribution in [0, 0.1) is 0 Å². The van der Waals surface area contributed by atoms with Crippen molar-refractivity contribution in [1.82, 2.24) is 14.5 Å². The minimum Gasteiger partial charge on any atom is -0.314 e. The van der Waals surface area contributed by atoms with E-state index in [2.05, 4.69) is 5.32 Å². The smallest absolute Gasteiger partial charge is 0.261 e. The minimum absolute atomic E-state index is 0. The van der Waals surface area contributed by atoms with Crippen LogP contribution in [-0.2, 0) is 10.0 Å². The highest BCUT2D eigenvalue weighted by Gasteiger charge is 2.35. The van der Waals surface area contributed by atoms with Crippen molar-refractivity contribution in [3.8, 4) is 0 Å². The van der Waals surface area contributed by atoms with E-state index in [9.17, 15) is 18.0 Å². The summed E-state index contributed by atoms with van der Waals surface area (Å²) in [5, 5.41) is 3.11. The number of nitrogens with one attached hydrogen (secondary N) is 1. The lowest BCUT2D eigenvalue weighted by Crippen LogP contribution is -2.47. The van der Waals surface area contributed by atoms with E-state index in [4.69, 9.17) is 0 Å². The zero-order valence-electron chi connectivity index (χ0n) is 13.1. The molecule has 2 heterocycles. The van der Waals surface area contributed by atoms with Crippen molar-refractivity contribution in [1.29, 1.82) is 0 Å². The van der Waals surface area contributed by atoms with Crippen LogP contribution in [-0.4, -0.2) is 67.9 Å². The summed E-state index contributed by atoms with van der Waals surface area (Å²) < 4.78 is 26.0. The van der Waals surface area contributed by atoms with Crippen LogP contribution in [0.1, 0.15) is 27.1 Å². The maximum absolute atomic E-state index is 12.3. The molecule has 0 spiro atoms. The van der Waals surface area contributed by atoms with Crippen LogP contribution in [0.15, 0.2) is 24.3 Å². The van der Waals surface area contributed by atoms with E-state index in [-0.39, 0.29) is 42.9 Å². The van der Waals surface area contributed by atoms with Crippen molar-refractivity contribution in [3.63, 3.8) is 0 Å². The molecular weight excluding hydrogens is 354 g/mol. The number of imide groups is 1. The molecule has 1 fully saturated rings. The Hall–Kier alpha value is -1.48. The maximum atomic E-state index is 12.3. The van der Waals surface area contributed by atoms with Gasteiger partial charge in [-0.25, -0.2) is 8.42 Å². The predicted molar refractivity (Wildman–Crippen MR) is 91.9 cm³/mol. The lowest BCUT2D eigenvalue weighted by molar-refractivity contribution is 0.0654. The Morgan fingerprint density at radius 2 is 1.54 bits per heavy atom. The van der Waals surface area contributed by atoms with Crippen LogP contribution in [0.2, 0.25) is 0 Å². The monoisotopic (exact) mass is 373 g/mol. The highest BCUT2D eigenvalue weighted by atomic mass is 35.5. The molecule has 7 nitrogen and oxygen atoms in total. The van der Waals surface area contributed by atoms with Gasteiger partial charge in [-0.2, -0.15) is 4.31 Å². The number of piperazine rings is 1. The lowest BCUT2D eigenvalue weighted by atomic mass is 10.1. The topological polar surface area (TPSA) is 86.8 Å². The molecule has 2 aliphatic rings. The van der Waals surface area contributed by atoms with E-state index in [1.807, 2.05) is 0 Å². The standard InChI is InChI=1S/C15H19N3O4S.ClH/c19-14-12-4-1-2-5-13(12)15(20)18(14)8-3-11-23(21,22)17-9-6-16-7-10-17;/h1-2,4-5,16H,3,6-11H2;1H. The number of hydrogen-bond donors (Lipinski definition) is 1. The molecule has 2 amide bonds. The average Bonchev–Trinajstić information content (AvgIpc) is 2.81. The summed E-state index contributed by atoms with van der Waals surface area (Å²) in [6.45, 7) is 2.36. The van der Waals surface area contributed by atoms with E-state index in [1.54, 1.807) is 24.3 Å². The number of sulfonamides is 1. The van der Waals surface area contributed by atoms with Crippen molar-refractivity contribution in [3.05, 3.63) is 35.4 Å². The molecule has 1 N–H and O–H groups in total. The molecule has 0 aliphatic carbocycles. The van der Waals surface area contributed by atoms with Gasteiger partial charge in [-0.15, -0.1) is 12.4 Å². The zero-order valence-corrected chi connectivity index (χ0v) is 14.7. The molecule has 1 saturated heterocycles. The first kappa shape index (κ1) is 18.9. The molecule has 0 unspecified atom stereocenters. The average molecular weight is 374 g/mol. The summed E-state index contributed by atoms with van der Waals surface area (Å²) in [5.74, 6) is -0.740. The third-order valence-corrected chi connectivity index (χ3v) is 6.09. The Kier molecular flexibility index (Phi) is 5.97. The second kappa shape index (κ2) is 7.60. The summed E-state index contributed by atoms with van der Waals surface area (Å²) in [7, 11) is -3.33. The van der Waals surface area contributed by atoms with Gasteiger partial charge in [0.2, 0.25) is 10.0 Å². The summed E-state index contributed by atoms with van der Waals surface area (Å²) in [5.41, 5.74) is 0.782. The molecule has 3 rings (SSSR count). The van der Waals surface area contributed by atoms with E-state index < -0.39 is 10.0 Å². The quantitative estimate of drug-likeness (QED) is 0.751. The molecule has 0 bridgehead atoms. The summed E-state index contributed by atoms with van der Waals surface area (Å²) in [6, 6.07) is 6.66. The normalized spacial score (nSPS) is 18.4. The Bertz CT molecular complexity index is 697. The second-order valence-corrected chi connectivity index (χ2v) is 7.71. The highest BCUT2D eigenvalue weighted by molar-refractivity contribution is 7.89. The Balaban J connectivity index is 0.00000208. The van der Waals surface area contributed by atoms with Crippen molar-refractivity contribution in [2.24, 2.45) is 0 Å². The van der Waals surface area contributed by atoms with E-state index in [0.29, 0.717) is 37.3 Å². The molecule has 9 heteroatoms. The molecule has 132 valence electrons. The van der Waals surface area contributed by atoms with Gasteiger partial charge in [-0.1, -0.05) is 12.1 Å². The summed E-state index contributed by atoms with van der Waals surface area (Å²) in [6.07, 6.45) is 0.248. The Labute approximate surface area is 147 Å². The first-order chi connectivity index (χ1) is 11.0. The van der Waals surface area contributed by atoms with Gasteiger partial charge in [0, 0.05) is 32.7 Å². The number of carbonyl (C=O) groups is 2. The summed E-state index contributed by atoms with van der Waals surface area (Å²) in [4.78, 5) is 25.5. The molecule has 1 aromatic rings. The van der Waals surface area contributed by atoms with Gasteiger partial charge in [0.05, 0.1) is 16.9 Å². The highest BCUT2D eigenvalue weighted by Crippen LogP contribution is 2.22. The van der Waals surface area contributed by atoms with Crippen molar-refractivity contribution < 1.29 is 18.0 Å². The third-order valence-electron chi connectivity index (χ3n) is 4.13. The van der Waals surface area contributed by atoms with Crippen LogP contribution in [0.3, 0.4) is 0 Å². The van der Waals surface area contributed by atoms with Crippen LogP contribution < -0.4 is 5.32 Å². The molecule has 0 saturated carbocycles. The number of rotatable bonds is 5. The zero-order chi connectivity index (χ0) is 16.4. The van der Waals surface area contributed by atoms with Gasteiger partial charge in [0.1, 0.15) is 0 Å². The van der Waals surface area contributed by atoms with Gasteiger partial charge in [-0.05, 0) is 18.6 Å².